The molecular weight excluding hydrogens is 230 g/mol. The number of methoxy groups -OCH3 is 1. The fourth-order valence-corrected chi connectivity index (χ4v) is 1.60. The van der Waals surface area contributed by atoms with Crippen LogP contribution >= 0.6 is 0 Å². The standard InChI is InChI=1S/C14H21NO3/c1-5-11(14(16)17-4)15-12-8-6-7-9-13(12)18-10(2)3/h6-11,15H,5H2,1-4H3. The van der Waals surface area contributed by atoms with Crippen molar-refractivity contribution in [2.75, 3.05) is 12.4 Å². The SMILES string of the molecule is CCC(Nc1ccccc1OC(C)C)C(=O)OC. The molecule has 18 heavy (non-hydrogen) atoms. The molecular formula is C14H21NO3. The lowest BCUT2D eigenvalue weighted by atomic mass is 10.2. The molecule has 1 atom stereocenters. The minimum Gasteiger partial charge on any atom is -0.489 e. The van der Waals surface area contributed by atoms with Crippen LogP contribution in [0.3, 0.4) is 0 Å². The molecule has 1 N–H and O–H groups in total. The summed E-state index contributed by atoms with van der Waals surface area (Å²) >= 11 is 0. The Morgan fingerprint density at radius 2 is 2.00 bits per heavy atom. The van der Waals surface area contributed by atoms with E-state index in [1.165, 1.54) is 7.11 Å². The van der Waals surface area contributed by atoms with Gasteiger partial charge in [0, 0.05) is 0 Å². The number of benzene rings is 1. The highest BCUT2D eigenvalue weighted by Crippen LogP contribution is 2.26. The minimum atomic E-state index is -0.355. The predicted octanol–water partition coefficient (Wildman–Crippen LogP) is 2.84. The Hall–Kier alpha value is -1.71. The summed E-state index contributed by atoms with van der Waals surface area (Å²) in [6, 6.07) is 7.23. The summed E-state index contributed by atoms with van der Waals surface area (Å²) in [5, 5.41) is 3.15. The number of nitrogens with one attached hydrogen (secondary N) is 1. The molecule has 0 saturated carbocycles. The third kappa shape index (κ3) is 3.95. The van der Waals surface area contributed by atoms with Gasteiger partial charge in [0.25, 0.3) is 0 Å². The van der Waals surface area contributed by atoms with Crippen LogP contribution in [0.2, 0.25) is 0 Å². The van der Waals surface area contributed by atoms with Crippen molar-refractivity contribution in [3.63, 3.8) is 0 Å². The van der Waals surface area contributed by atoms with Crippen molar-refractivity contribution in [2.24, 2.45) is 0 Å². The van der Waals surface area contributed by atoms with Crippen LogP contribution in [-0.4, -0.2) is 25.2 Å². The fraction of sp³-hybridized carbons (Fsp3) is 0.500. The molecule has 0 fully saturated rings. The van der Waals surface area contributed by atoms with Gasteiger partial charge in [-0.3, -0.25) is 0 Å². The Labute approximate surface area is 108 Å². The Bertz CT molecular complexity index is 390. The Morgan fingerprint density at radius 3 is 2.56 bits per heavy atom. The van der Waals surface area contributed by atoms with Crippen LogP contribution in [0, 0.1) is 0 Å². The first kappa shape index (κ1) is 14.4. The summed E-state index contributed by atoms with van der Waals surface area (Å²) in [7, 11) is 1.39. The number of rotatable bonds is 6. The monoisotopic (exact) mass is 251 g/mol. The van der Waals surface area contributed by atoms with E-state index >= 15 is 0 Å². The number of hydrogen-bond donors (Lipinski definition) is 1. The molecule has 0 aliphatic carbocycles. The second kappa shape index (κ2) is 6.89. The quantitative estimate of drug-likeness (QED) is 0.790. The Balaban J connectivity index is 2.85. The maximum atomic E-state index is 11.6. The molecule has 1 unspecified atom stereocenters. The summed E-state index contributed by atoms with van der Waals surface area (Å²) in [6.07, 6.45) is 0.744. The first-order chi connectivity index (χ1) is 8.58. The summed E-state index contributed by atoms with van der Waals surface area (Å²) < 4.78 is 10.4. The number of ether oxygens (including phenoxy) is 2. The first-order valence-corrected chi connectivity index (χ1v) is 6.18. The Morgan fingerprint density at radius 1 is 1.33 bits per heavy atom. The van der Waals surface area contributed by atoms with Crippen LogP contribution in [0.25, 0.3) is 0 Å². The topological polar surface area (TPSA) is 47.6 Å². The normalized spacial score (nSPS) is 12.1. The second-order valence-corrected chi connectivity index (χ2v) is 4.29. The van der Waals surface area contributed by atoms with E-state index in [1.807, 2.05) is 45.0 Å². The van der Waals surface area contributed by atoms with Crippen LogP contribution in [-0.2, 0) is 9.53 Å². The third-order valence-electron chi connectivity index (χ3n) is 2.47. The van der Waals surface area contributed by atoms with Crippen molar-refractivity contribution in [3.05, 3.63) is 24.3 Å². The van der Waals surface area contributed by atoms with E-state index in [-0.39, 0.29) is 18.1 Å². The first-order valence-electron chi connectivity index (χ1n) is 6.18. The average molecular weight is 251 g/mol. The zero-order valence-corrected chi connectivity index (χ0v) is 11.4. The molecule has 0 aromatic heterocycles. The minimum absolute atomic E-state index is 0.0890. The summed E-state index contributed by atoms with van der Waals surface area (Å²) in [5.41, 5.74) is 0.809. The van der Waals surface area contributed by atoms with E-state index in [0.29, 0.717) is 6.42 Å². The molecule has 4 heteroatoms. The highest BCUT2D eigenvalue weighted by Gasteiger charge is 2.18. The van der Waals surface area contributed by atoms with Gasteiger partial charge < -0.3 is 14.8 Å². The summed E-state index contributed by atoms with van der Waals surface area (Å²) in [6.45, 7) is 5.86. The van der Waals surface area contributed by atoms with Crippen molar-refractivity contribution < 1.29 is 14.3 Å². The summed E-state index contributed by atoms with van der Waals surface area (Å²) in [4.78, 5) is 11.6. The van der Waals surface area contributed by atoms with E-state index in [2.05, 4.69) is 5.32 Å². The Kier molecular flexibility index (Phi) is 5.49. The molecule has 0 heterocycles. The molecule has 1 aromatic rings. The maximum Gasteiger partial charge on any atom is 0.328 e. The van der Waals surface area contributed by atoms with E-state index in [1.54, 1.807) is 0 Å². The number of hydrogen-bond acceptors (Lipinski definition) is 4. The zero-order chi connectivity index (χ0) is 13.5. The van der Waals surface area contributed by atoms with Gasteiger partial charge in [0.1, 0.15) is 11.8 Å². The van der Waals surface area contributed by atoms with Crippen molar-refractivity contribution in [1.29, 1.82) is 0 Å². The molecule has 4 nitrogen and oxygen atoms in total. The van der Waals surface area contributed by atoms with Gasteiger partial charge in [-0.05, 0) is 32.4 Å². The maximum absolute atomic E-state index is 11.6. The second-order valence-electron chi connectivity index (χ2n) is 4.29. The van der Waals surface area contributed by atoms with E-state index in [0.717, 1.165) is 11.4 Å². The number of carbonyl (C=O) groups is 1. The van der Waals surface area contributed by atoms with Gasteiger partial charge in [0.2, 0.25) is 0 Å². The van der Waals surface area contributed by atoms with Gasteiger partial charge in [0.05, 0.1) is 18.9 Å². The number of esters is 1. The van der Waals surface area contributed by atoms with Crippen LogP contribution in [0.4, 0.5) is 5.69 Å². The fourth-order valence-electron chi connectivity index (χ4n) is 1.60. The molecule has 0 spiro atoms. The molecule has 0 aliphatic rings. The molecule has 1 aromatic carbocycles. The molecule has 1 rings (SSSR count). The predicted molar refractivity (Wildman–Crippen MR) is 71.9 cm³/mol. The average Bonchev–Trinajstić information content (AvgIpc) is 2.36. The van der Waals surface area contributed by atoms with Crippen molar-refractivity contribution >= 4 is 11.7 Å². The summed E-state index contributed by atoms with van der Waals surface area (Å²) in [5.74, 6) is 0.478. The lowest BCUT2D eigenvalue weighted by Crippen LogP contribution is -2.30. The third-order valence-corrected chi connectivity index (χ3v) is 2.47. The zero-order valence-electron chi connectivity index (χ0n) is 11.4. The molecule has 0 aliphatic heterocycles. The van der Waals surface area contributed by atoms with Gasteiger partial charge in [-0.2, -0.15) is 0 Å². The van der Waals surface area contributed by atoms with Crippen molar-refractivity contribution in [2.45, 2.75) is 39.3 Å². The van der Waals surface area contributed by atoms with E-state index in [4.69, 9.17) is 9.47 Å². The van der Waals surface area contributed by atoms with Gasteiger partial charge in [-0.1, -0.05) is 19.1 Å². The van der Waals surface area contributed by atoms with Gasteiger partial charge in [-0.25, -0.2) is 4.79 Å². The smallest absolute Gasteiger partial charge is 0.328 e. The lowest BCUT2D eigenvalue weighted by molar-refractivity contribution is -0.141. The number of para-hydroxylation sites is 2. The van der Waals surface area contributed by atoms with Gasteiger partial charge in [0.15, 0.2) is 0 Å². The van der Waals surface area contributed by atoms with Crippen molar-refractivity contribution in [1.82, 2.24) is 0 Å². The largest absolute Gasteiger partial charge is 0.489 e. The lowest BCUT2D eigenvalue weighted by Gasteiger charge is -2.19. The van der Waals surface area contributed by atoms with Crippen molar-refractivity contribution in [3.8, 4) is 5.75 Å². The van der Waals surface area contributed by atoms with Crippen LogP contribution < -0.4 is 10.1 Å². The molecule has 0 amide bonds. The van der Waals surface area contributed by atoms with E-state index in [9.17, 15) is 4.79 Å². The molecule has 100 valence electrons. The van der Waals surface area contributed by atoms with Crippen LogP contribution in [0.15, 0.2) is 24.3 Å². The van der Waals surface area contributed by atoms with Gasteiger partial charge >= 0.3 is 5.97 Å². The van der Waals surface area contributed by atoms with E-state index < -0.39 is 0 Å². The van der Waals surface area contributed by atoms with Crippen LogP contribution in [0.5, 0.6) is 5.75 Å². The highest BCUT2D eigenvalue weighted by atomic mass is 16.5. The molecule has 0 radical (unpaired) electrons. The highest BCUT2D eigenvalue weighted by molar-refractivity contribution is 5.79. The van der Waals surface area contributed by atoms with Gasteiger partial charge in [-0.15, -0.1) is 0 Å². The molecule has 0 saturated heterocycles. The molecule has 0 bridgehead atoms. The number of carbonyl (C=O) groups excluding carboxylic acids is 1. The number of anilines is 1. The van der Waals surface area contributed by atoms with Crippen LogP contribution in [0.1, 0.15) is 27.2 Å².